The minimum absolute atomic E-state index is 0.608. The molecule has 2 aliphatic rings. The van der Waals surface area contributed by atoms with Crippen LogP contribution in [0.5, 0.6) is 0 Å². The Labute approximate surface area is 412 Å². The molecule has 0 aliphatic heterocycles. The highest BCUT2D eigenvalue weighted by Crippen LogP contribution is 2.67. The molecule has 328 valence electrons. The van der Waals surface area contributed by atoms with Crippen molar-refractivity contribution in [3.8, 4) is 43.8 Å². The Morgan fingerprint density at radius 1 is 0.300 bits per heavy atom. The molecule has 14 rings (SSSR count). The summed E-state index contributed by atoms with van der Waals surface area (Å²) in [5.74, 6) is 0. The molecular formula is C67H44N2S. The molecule has 11 aromatic carbocycles. The number of hydrogen-bond acceptors (Lipinski definition) is 3. The second-order valence-corrected chi connectivity index (χ2v) is 19.4. The van der Waals surface area contributed by atoms with Crippen LogP contribution in [-0.4, -0.2) is 0 Å². The van der Waals surface area contributed by atoms with Gasteiger partial charge in [-0.1, -0.05) is 194 Å². The molecule has 1 atom stereocenters. The summed E-state index contributed by atoms with van der Waals surface area (Å²) < 4.78 is 1.31. The quantitative estimate of drug-likeness (QED) is 0.150. The third-order valence-electron chi connectivity index (χ3n) is 14.7. The zero-order valence-electron chi connectivity index (χ0n) is 38.2. The van der Waals surface area contributed by atoms with Crippen LogP contribution in [0.15, 0.2) is 267 Å². The predicted octanol–water partition coefficient (Wildman–Crippen LogP) is 18.7. The first-order valence-corrected chi connectivity index (χ1v) is 24.9. The van der Waals surface area contributed by atoms with E-state index in [1.807, 2.05) is 11.3 Å². The van der Waals surface area contributed by atoms with E-state index in [1.54, 1.807) is 0 Å². The van der Waals surface area contributed by atoms with Gasteiger partial charge in [0.15, 0.2) is 0 Å². The van der Waals surface area contributed by atoms with Crippen molar-refractivity contribution in [2.45, 2.75) is 5.41 Å². The lowest BCUT2D eigenvalue weighted by Gasteiger charge is -2.33. The molecule has 0 saturated heterocycles. The number of thiophene rings is 1. The van der Waals surface area contributed by atoms with Crippen LogP contribution in [0.25, 0.3) is 64.7 Å². The van der Waals surface area contributed by atoms with Gasteiger partial charge in [0.25, 0.3) is 0 Å². The van der Waals surface area contributed by atoms with Gasteiger partial charge in [0.2, 0.25) is 0 Å². The molecule has 2 aliphatic carbocycles. The van der Waals surface area contributed by atoms with Crippen LogP contribution in [0.4, 0.5) is 34.1 Å². The van der Waals surface area contributed by atoms with Crippen molar-refractivity contribution in [2.75, 3.05) is 9.80 Å². The van der Waals surface area contributed by atoms with Crippen LogP contribution in [0, 0.1) is 0 Å². The van der Waals surface area contributed by atoms with Gasteiger partial charge in [-0.3, -0.25) is 0 Å². The molecule has 3 heteroatoms. The molecule has 1 aromatic heterocycles. The van der Waals surface area contributed by atoms with Gasteiger partial charge in [-0.25, -0.2) is 0 Å². The van der Waals surface area contributed by atoms with Crippen molar-refractivity contribution in [3.63, 3.8) is 0 Å². The highest BCUT2D eigenvalue weighted by atomic mass is 32.1. The van der Waals surface area contributed by atoms with Gasteiger partial charge < -0.3 is 9.80 Å². The van der Waals surface area contributed by atoms with Crippen molar-refractivity contribution < 1.29 is 0 Å². The van der Waals surface area contributed by atoms with Crippen LogP contribution >= 0.6 is 11.3 Å². The minimum atomic E-state index is -0.608. The lowest BCUT2D eigenvalue weighted by atomic mass is 9.70. The van der Waals surface area contributed by atoms with Crippen molar-refractivity contribution in [3.05, 3.63) is 289 Å². The Morgan fingerprint density at radius 2 is 0.771 bits per heavy atom. The third-order valence-corrected chi connectivity index (χ3v) is 15.9. The molecular weight excluding hydrogens is 865 g/mol. The molecule has 0 N–H and O–H groups in total. The van der Waals surface area contributed by atoms with E-state index in [-0.39, 0.29) is 0 Å². The molecule has 70 heavy (non-hydrogen) atoms. The Kier molecular flexibility index (Phi) is 9.33. The van der Waals surface area contributed by atoms with Crippen molar-refractivity contribution in [1.82, 2.24) is 0 Å². The summed E-state index contributed by atoms with van der Waals surface area (Å²) in [6, 6.07) is 98.5. The summed E-state index contributed by atoms with van der Waals surface area (Å²) in [6.45, 7) is 0. The molecule has 0 bridgehead atoms. The van der Waals surface area contributed by atoms with Crippen molar-refractivity contribution in [1.29, 1.82) is 0 Å². The zero-order chi connectivity index (χ0) is 46.2. The summed E-state index contributed by atoms with van der Waals surface area (Å²) in [5.41, 5.74) is 20.0. The summed E-state index contributed by atoms with van der Waals surface area (Å²) in [7, 11) is 0. The maximum Gasteiger partial charge on any atom is 0.0741 e. The van der Waals surface area contributed by atoms with Gasteiger partial charge in [-0.15, -0.1) is 11.3 Å². The molecule has 1 unspecified atom stereocenters. The molecule has 0 fully saturated rings. The minimum Gasteiger partial charge on any atom is -0.310 e. The van der Waals surface area contributed by atoms with E-state index < -0.39 is 5.41 Å². The van der Waals surface area contributed by atoms with Crippen molar-refractivity contribution >= 4 is 66.3 Å². The Hall–Kier alpha value is -8.76. The fraction of sp³-hybridized carbons (Fsp3) is 0.0149. The smallest absolute Gasteiger partial charge is 0.0741 e. The first-order chi connectivity index (χ1) is 34.7. The van der Waals surface area contributed by atoms with Crippen LogP contribution in [-0.2, 0) is 5.41 Å². The number of nitrogens with zero attached hydrogens (tertiary/aromatic N) is 2. The Bertz CT molecular complexity index is 3850. The maximum absolute atomic E-state index is 2.52. The van der Waals surface area contributed by atoms with Gasteiger partial charge in [-0.05, 0) is 145 Å². The predicted molar refractivity (Wildman–Crippen MR) is 296 cm³/mol. The fourth-order valence-electron chi connectivity index (χ4n) is 11.6. The molecule has 0 radical (unpaired) electrons. The second kappa shape index (κ2) is 16.2. The van der Waals surface area contributed by atoms with E-state index in [4.69, 9.17) is 0 Å². The fourth-order valence-corrected chi connectivity index (χ4v) is 12.9. The highest BCUT2D eigenvalue weighted by Gasteiger charge is 2.54. The number of rotatable bonds is 8. The van der Waals surface area contributed by atoms with Gasteiger partial charge in [0.1, 0.15) is 0 Å². The number of benzene rings is 11. The molecule has 0 amide bonds. The van der Waals surface area contributed by atoms with E-state index in [2.05, 4.69) is 277 Å². The molecule has 12 aromatic rings. The number of fused-ring (bicyclic) bond motifs is 13. The molecule has 1 heterocycles. The highest BCUT2D eigenvalue weighted by molar-refractivity contribution is 7.22. The van der Waals surface area contributed by atoms with E-state index >= 15 is 0 Å². The number of para-hydroxylation sites is 1. The van der Waals surface area contributed by atoms with Gasteiger partial charge in [0.05, 0.1) is 11.1 Å². The molecule has 2 nitrogen and oxygen atoms in total. The summed E-state index contributed by atoms with van der Waals surface area (Å²) in [5, 5.41) is 3.74. The Balaban J connectivity index is 1.02. The molecule has 1 spiro atoms. The molecule has 0 saturated carbocycles. The summed E-state index contributed by atoms with van der Waals surface area (Å²) in [6.07, 6.45) is 0. The summed E-state index contributed by atoms with van der Waals surface area (Å²) in [4.78, 5) is 6.24. The van der Waals surface area contributed by atoms with E-state index in [0.29, 0.717) is 0 Å². The largest absolute Gasteiger partial charge is 0.310 e. The van der Waals surface area contributed by atoms with Crippen LogP contribution in [0.2, 0.25) is 0 Å². The van der Waals surface area contributed by atoms with Crippen molar-refractivity contribution in [2.24, 2.45) is 0 Å². The maximum atomic E-state index is 2.52. The average Bonchev–Trinajstić information content (AvgIpc) is 4.06. The lowest BCUT2D eigenvalue weighted by Crippen LogP contribution is -2.26. The first-order valence-electron chi connectivity index (χ1n) is 24.1. The van der Waals surface area contributed by atoms with Crippen LogP contribution < -0.4 is 9.80 Å². The van der Waals surface area contributed by atoms with E-state index in [1.165, 1.54) is 86.9 Å². The van der Waals surface area contributed by atoms with E-state index in [9.17, 15) is 0 Å². The topological polar surface area (TPSA) is 6.48 Å². The third kappa shape index (κ3) is 6.19. The van der Waals surface area contributed by atoms with Crippen LogP contribution in [0.3, 0.4) is 0 Å². The zero-order valence-corrected chi connectivity index (χ0v) is 39.0. The summed E-state index contributed by atoms with van der Waals surface area (Å²) >= 11 is 1.93. The SMILES string of the molecule is c1ccc(-c2ccc(N(c3ccc(-c4ccccc4)cc3)c3ccc4c(c3)C3(c5ccccc5-4)c4cc(N(c5ccccc5)c5cccc6ccccc56)ccc4-c4sc5ccccc5c43)cc2)cc1. The van der Waals surface area contributed by atoms with Gasteiger partial charge >= 0.3 is 0 Å². The Morgan fingerprint density at radius 3 is 1.46 bits per heavy atom. The second-order valence-electron chi connectivity index (χ2n) is 18.4. The average molecular weight is 909 g/mol. The lowest BCUT2D eigenvalue weighted by molar-refractivity contribution is 0.802. The van der Waals surface area contributed by atoms with E-state index in [0.717, 1.165) is 34.1 Å². The monoisotopic (exact) mass is 908 g/mol. The first kappa shape index (κ1) is 40.3. The number of anilines is 6. The normalized spacial score (nSPS) is 14.1. The number of hydrogen-bond donors (Lipinski definition) is 0. The van der Waals surface area contributed by atoms with Gasteiger partial charge in [-0.2, -0.15) is 0 Å². The van der Waals surface area contributed by atoms with Gasteiger partial charge in [0, 0.05) is 43.4 Å². The van der Waals surface area contributed by atoms with Crippen LogP contribution in [0.1, 0.15) is 22.3 Å². The standard InChI is InChI=1S/C67H44N2S/c1-4-17-45(18-5-1)47-31-35-51(36-32-47)68(52-37-33-48(34-38-52)46-19-6-2-7-20-46)53-39-41-57-56-26-12-14-28-60(56)67(61(57)43-53)62-44-54(40-42-58(62)66-65(67)59-27-13-15-30-64(59)70-66)69(50-23-8-3-9-24-50)63-29-16-22-49-21-10-11-25-55(49)63/h1-44H.